The molecule has 0 aromatic carbocycles. The van der Waals surface area contributed by atoms with Crippen molar-refractivity contribution >= 4 is 27.8 Å². The third-order valence-electron chi connectivity index (χ3n) is 2.85. The molecule has 16 heavy (non-hydrogen) atoms. The molecule has 2 unspecified atom stereocenters. The monoisotopic (exact) mass is 291 g/mol. The molecule has 5 heteroatoms. The number of halogens is 1. The number of primary amides is 1. The second kappa shape index (κ2) is 5.17. The van der Waals surface area contributed by atoms with E-state index in [1.54, 1.807) is 0 Å². The van der Waals surface area contributed by atoms with Crippen LogP contribution in [0.2, 0.25) is 0 Å². The molecule has 0 bridgehead atoms. The van der Waals surface area contributed by atoms with Crippen LogP contribution in [0.15, 0.2) is 0 Å². The molecule has 0 aliphatic heterocycles. The fourth-order valence-corrected chi connectivity index (χ4v) is 3.00. The highest BCUT2D eigenvalue weighted by molar-refractivity contribution is 9.10. The Morgan fingerprint density at radius 2 is 2.25 bits per heavy atom. The Hall–Kier alpha value is -0.580. The Morgan fingerprint density at radius 3 is 2.75 bits per heavy atom. The SMILES string of the molecule is CC(C)(CC1CCC(=O)C(Br)C1)OC(N)=O. The van der Waals surface area contributed by atoms with Gasteiger partial charge in [0.15, 0.2) is 0 Å². The highest BCUT2D eigenvalue weighted by atomic mass is 79.9. The molecule has 0 heterocycles. The van der Waals surface area contributed by atoms with Gasteiger partial charge in [-0.05, 0) is 39.0 Å². The first-order chi connectivity index (χ1) is 7.30. The van der Waals surface area contributed by atoms with E-state index in [1.165, 1.54) is 0 Å². The largest absolute Gasteiger partial charge is 0.444 e. The van der Waals surface area contributed by atoms with E-state index < -0.39 is 11.7 Å². The van der Waals surface area contributed by atoms with Gasteiger partial charge in [-0.2, -0.15) is 0 Å². The van der Waals surface area contributed by atoms with Crippen molar-refractivity contribution in [2.24, 2.45) is 11.7 Å². The van der Waals surface area contributed by atoms with E-state index in [9.17, 15) is 9.59 Å². The van der Waals surface area contributed by atoms with E-state index in [-0.39, 0.29) is 10.6 Å². The summed E-state index contributed by atoms with van der Waals surface area (Å²) < 4.78 is 5.04. The molecule has 0 aromatic rings. The molecular formula is C11H18BrNO3. The van der Waals surface area contributed by atoms with E-state index >= 15 is 0 Å². The van der Waals surface area contributed by atoms with Gasteiger partial charge in [-0.25, -0.2) is 4.79 Å². The Morgan fingerprint density at radius 1 is 1.62 bits per heavy atom. The highest BCUT2D eigenvalue weighted by Crippen LogP contribution is 2.33. The van der Waals surface area contributed by atoms with Gasteiger partial charge in [0.2, 0.25) is 0 Å². The number of hydrogen-bond donors (Lipinski definition) is 1. The van der Waals surface area contributed by atoms with Crippen molar-refractivity contribution in [3.8, 4) is 0 Å². The lowest BCUT2D eigenvalue weighted by molar-refractivity contribution is -0.120. The predicted molar refractivity (Wildman–Crippen MR) is 64.4 cm³/mol. The van der Waals surface area contributed by atoms with Crippen LogP contribution in [0.5, 0.6) is 0 Å². The lowest BCUT2D eigenvalue weighted by Gasteiger charge is -2.32. The summed E-state index contributed by atoms with van der Waals surface area (Å²) in [7, 11) is 0. The Labute approximate surface area is 104 Å². The van der Waals surface area contributed by atoms with Gasteiger partial charge >= 0.3 is 6.09 Å². The molecule has 1 amide bonds. The van der Waals surface area contributed by atoms with Crippen molar-refractivity contribution in [3.05, 3.63) is 0 Å². The van der Waals surface area contributed by atoms with Crippen molar-refractivity contribution in [3.63, 3.8) is 0 Å². The normalized spacial score (nSPS) is 26.6. The third kappa shape index (κ3) is 4.12. The quantitative estimate of drug-likeness (QED) is 0.812. The number of alkyl halides is 1. The number of amides is 1. The van der Waals surface area contributed by atoms with Crippen LogP contribution in [0.3, 0.4) is 0 Å². The molecule has 0 aromatic heterocycles. The maximum absolute atomic E-state index is 11.3. The molecule has 1 aliphatic rings. The first kappa shape index (κ1) is 13.5. The number of carbonyl (C=O) groups is 2. The van der Waals surface area contributed by atoms with Gasteiger partial charge in [-0.15, -0.1) is 0 Å². The van der Waals surface area contributed by atoms with Gasteiger partial charge in [-0.1, -0.05) is 15.9 Å². The van der Waals surface area contributed by atoms with Gasteiger partial charge in [0, 0.05) is 6.42 Å². The topological polar surface area (TPSA) is 69.4 Å². The number of rotatable bonds is 3. The van der Waals surface area contributed by atoms with Crippen molar-refractivity contribution in [2.75, 3.05) is 0 Å². The molecule has 1 saturated carbocycles. The van der Waals surface area contributed by atoms with Gasteiger partial charge in [0.05, 0.1) is 4.83 Å². The minimum Gasteiger partial charge on any atom is -0.444 e. The third-order valence-corrected chi connectivity index (χ3v) is 3.73. The summed E-state index contributed by atoms with van der Waals surface area (Å²) in [6.07, 6.45) is 2.28. The highest BCUT2D eigenvalue weighted by Gasteiger charge is 2.32. The van der Waals surface area contributed by atoms with Crippen LogP contribution in [0.1, 0.15) is 39.5 Å². The average molecular weight is 292 g/mol. The van der Waals surface area contributed by atoms with Crippen molar-refractivity contribution in [1.29, 1.82) is 0 Å². The average Bonchev–Trinajstić information content (AvgIpc) is 2.08. The van der Waals surface area contributed by atoms with Gasteiger partial charge < -0.3 is 10.5 Å². The summed E-state index contributed by atoms with van der Waals surface area (Å²) in [4.78, 5) is 22.0. The maximum atomic E-state index is 11.3. The Bertz CT molecular complexity index is 291. The van der Waals surface area contributed by atoms with E-state index in [4.69, 9.17) is 10.5 Å². The minimum absolute atomic E-state index is 0.0457. The molecule has 2 atom stereocenters. The van der Waals surface area contributed by atoms with Crippen LogP contribution < -0.4 is 5.73 Å². The fraction of sp³-hybridized carbons (Fsp3) is 0.818. The maximum Gasteiger partial charge on any atom is 0.405 e. The van der Waals surface area contributed by atoms with Crippen LogP contribution in [-0.4, -0.2) is 22.3 Å². The number of carbonyl (C=O) groups excluding carboxylic acids is 2. The van der Waals surface area contributed by atoms with Crippen LogP contribution in [0.25, 0.3) is 0 Å². The van der Waals surface area contributed by atoms with Crippen LogP contribution >= 0.6 is 15.9 Å². The zero-order valence-electron chi connectivity index (χ0n) is 9.66. The molecule has 0 spiro atoms. The smallest absolute Gasteiger partial charge is 0.405 e. The summed E-state index contributed by atoms with van der Waals surface area (Å²) in [5.74, 6) is 0.668. The molecule has 92 valence electrons. The summed E-state index contributed by atoms with van der Waals surface area (Å²) in [6, 6.07) is 0. The first-order valence-corrected chi connectivity index (χ1v) is 6.37. The van der Waals surface area contributed by atoms with E-state index in [1.807, 2.05) is 13.8 Å². The molecule has 4 nitrogen and oxygen atoms in total. The lowest BCUT2D eigenvalue weighted by atomic mass is 9.81. The molecular weight excluding hydrogens is 274 g/mol. The van der Waals surface area contributed by atoms with Crippen molar-refractivity contribution in [2.45, 2.75) is 50.0 Å². The Kier molecular flexibility index (Phi) is 4.35. The number of nitrogens with two attached hydrogens (primary N) is 1. The number of hydrogen-bond acceptors (Lipinski definition) is 3. The summed E-state index contributed by atoms with van der Waals surface area (Å²) >= 11 is 3.37. The van der Waals surface area contributed by atoms with Gasteiger partial charge in [0.1, 0.15) is 11.4 Å². The molecule has 1 rings (SSSR count). The Balaban J connectivity index is 2.48. The van der Waals surface area contributed by atoms with E-state index in [0.717, 1.165) is 19.3 Å². The molecule has 1 fully saturated rings. The van der Waals surface area contributed by atoms with Crippen molar-refractivity contribution in [1.82, 2.24) is 0 Å². The number of ether oxygens (including phenoxy) is 1. The second-order valence-corrected chi connectivity index (χ2v) is 6.06. The minimum atomic E-state index is -0.743. The first-order valence-electron chi connectivity index (χ1n) is 5.45. The molecule has 0 saturated heterocycles. The van der Waals surface area contributed by atoms with Gasteiger partial charge in [-0.3, -0.25) is 4.79 Å². The standard InChI is InChI=1S/C11H18BrNO3/c1-11(2,16-10(13)15)6-7-3-4-9(14)8(12)5-7/h7-8H,3-6H2,1-2H3,(H2,13,15). The van der Waals surface area contributed by atoms with E-state index in [2.05, 4.69) is 15.9 Å². The zero-order valence-corrected chi connectivity index (χ0v) is 11.2. The van der Waals surface area contributed by atoms with Crippen molar-refractivity contribution < 1.29 is 14.3 Å². The summed E-state index contributed by atoms with van der Waals surface area (Å²) in [5, 5.41) is 0. The lowest BCUT2D eigenvalue weighted by Crippen LogP contribution is -2.35. The van der Waals surface area contributed by atoms with Crippen LogP contribution in [0.4, 0.5) is 4.79 Å². The second-order valence-electron chi connectivity index (χ2n) is 4.96. The molecule has 0 radical (unpaired) electrons. The predicted octanol–water partition coefficient (Wildman–Crippen LogP) is 2.38. The van der Waals surface area contributed by atoms with E-state index in [0.29, 0.717) is 12.3 Å². The molecule has 1 aliphatic carbocycles. The van der Waals surface area contributed by atoms with Crippen LogP contribution in [-0.2, 0) is 9.53 Å². The fourth-order valence-electron chi connectivity index (χ4n) is 2.24. The number of Topliss-reactive ketones (excluding diaryl/α,β-unsaturated/α-hetero) is 1. The van der Waals surface area contributed by atoms with Crippen LogP contribution in [0, 0.1) is 5.92 Å². The van der Waals surface area contributed by atoms with Gasteiger partial charge in [0.25, 0.3) is 0 Å². The number of ketones is 1. The molecule has 2 N–H and O–H groups in total. The summed E-state index contributed by atoms with van der Waals surface area (Å²) in [6.45, 7) is 3.69. The zero-order chi connectivity index (χ0) is 12.3. The summed E-state index contributed by atoms with van der Waals surface area (Å²) in [5.41, 5.74) is 4.46.